The van der Waals surface area contributed by atoms with Gasteiger partial charge in [-0.25, -0.2) is 0 Å². The molecule has 0 aliphatic heterocycles. The number of aromatic nitrogens is 1. The summed E-state index contributed by atoms with van der Waals surface area (Å²) in [5.74, 6) is 0.900. The summed E-state index contributed by atoms with van der Waals surface area (Å²) >= 11 is 2.36. The minimum absolute atomic E-state index is 0.900. The molecule has 0 radical (unpaired) electrons. The van der Waals surface area contributed by atoms with E-state index in [4.69, 9.17) is 4.74 Å². The van der Waals surface area contributed by atoms with Crippen molar-refractivity contribution in [1.29, 1.82) is 0 Å². The van der Waals surface area contributed by atoms with Gasteiger partial charge in [-0.1, -0.05) is 24.3 Å². The monoisotopic (exact) mass is 349 g/mol. The van der Waals surface area contributed by atoms with E-state index in [1.165, 1.54) is 14.6 Å². The topological polar surface area (TPSA) is 14.2 Å². The third-order valence-electron chi connectivity index (χ3n) is 3.01. The van der Waals surface area contributed by atoms with Gasteiger partial charge in [-0.3, -0.25) is 0 Å². The first-order valence-corrected chi connectivity index (χ1v) is 6.78. The molecule has 3 aromatic rings. The minimum Gasteiger partial charge on any atom is -0.495 e. The second-order valence-corrected chi connectivity index (χ2v) is 5.20. The molecule has 0 atom stereocenters. The molecule has 0 amide bonds. The molecule has 0 saturated heterocycles. The Hall–Kier alpha value is -1.49. The van der Waals surface area contributed by atoms with Crippen LogP contribution in [-0.2, 0) is 0 Å². The number of nitrogens with zero attached hydrogens (tertiary/aromatic N) is 1. The standard InChI is InChI=1S/C15H12INO/c1-18-14-8-4-5-11-9-10-17(15(11)14)13-7-3-2-6-12(13)16/h2-10H,1H3. The molecule has 0 aliphatic rings. The van der Waals surface area contributed by atoms with Crippen molar-refractivity contribution in [3.63, 3.8) is 0 Å². The van der Waals surface area contributed by atoms with E-state index in [1.807, 2.05) is 18.2 Å². The predicted octanol–water partition coefficient (Wildman–Crippen LogP) is 4.24. The van der Waals surface area contributed by atoms with Gasteiger partial charge in [0.05, 0.1) is 18.3 Å². The summed E-state index contributed by atoms with van der Waals surface area (Å²) in [5.41, 5.74) is 2.29. The van der Waals surface area contributed by atoms with Gasteiger partial charge in [-0.2, -0.15) is 0 Å². The summed E-state index contributed by atoms with van der Waals surface area (Å²) in [4.78, 5) is 0. The second kappa shape index (κ2) is 4.65. The third kappa shape index (κ3) is 1.79. The van der Waals surface area contributed by atoms with Crippen molar-refractivity contribution < 1.29 is 4.74 Å². The molecule has 0 fully saturated rings. The molecule has 90 valence electrons. The van der Waals surface area contributed by atoms with Crippen molar-refractivity contribution >= 4 is 33.5 Å². The second-order valence-electron chi connectivity index (χ2n) is 4.04. The largest absolute Gasteiger partial charge is 0.495 e. The fourth-order valence-electron chi connectivity index (χ4n) is 2.17. The lowest BCUT2D eigenvalue weighted by atomic mass is 10.2. The average Bonchev–Trinajstić information content (AvgIpc) is 2.83. The lowest BCUT2D eigenvalue weighted by molar-refractivity contribution is 0.418. The maximum Gasteiger partial charge on any atom is 0.143 e. The third-order valence-corrected chi connectivity index (χ3v) is 3.92. The maximum atomic E-state index is 5.46. The maximum absolute atomic E-state index is 5.46. The van der Waals surface area contributed by atoms with E-state index in [-0.39, 0.29) is 0 Å². The van der Waals surface area contributed by atoms with E-state index in [0.717, 1.165) is 11.3 Å². The van der Waals surface area contributed by atoms with Gasteiger partial charge in [0.2, 0.25) is 0 Å². The van der Waals surface area contributed by atoms with E-state index in [9.17, 15) is 0 Å². The van der Waals surface area contributed by atoms with Crippen LogP contribution in [0.5, 0.6) is 5.75 Å². The predicted molar refractivity (Wildman–Crippen MR) is 82.5 cm³/mol. The van der Waals surface area contributed by atoms with Crippen LogP contribution < -0.4 is 4.74 Å². The summed E-state index contributed by atoms with van der Waals surface area (Å²) in [7, 11) is 1.71. The highest BCUT2D eigenvalue weighted by molar-refractivity contribution is 14.1. The molecular weight excluding hydrogens is 337 g/mol. The number of hydrogen-bond acceptors (Lipinski definition) is 1. The number of hydrogen-bond donors (Lipinski definition) is 0. The van der Waals surface area contributed by atoms with E-state index in [1.54, 1.807) is 7.11 Å². The Morgan fingerprint density at radius 1 is 1.00 bits per heavy atom. The van der Waals surface area contributed by atoms with Gasteiger partial charge in [0.25, 0.3) is 0 Å². The van der Waals surface area contributed by atoms with Gasteiger partial charge in [0.15, 0.2) is 0 Å². The van der Waals surface area contributed by atoms with Crippen LogP contribution in [0.2, 0.25) is 0 Å². The molecule has 2 nitrogen and oxygen atoms in total. The first-order chi connectivity index (χ1) is 8.81. The highest BCUT2D eigenvalue weighted by Gasteiger charge is 2.09. The number of fused-ring (bicyclic) bond motifs is 1. The number of ether oxygens (including phenoxy) is 1. The molecular formula is C15H12INO. The Labute approximate surface area is 119 Å². The summed E-state index contributed by atoms with van der Waals surface area (Å²) in [6.07, 6.45) is 2.09. The number of para-hydroxylation sites is 2. The molecule has 0 bridgehead atoms. The van der Waals surface area contributed by atoms with Crippen LogP contribution >= 0.6 is 22.6 Å². The molecule has 3 rings (SSSR count). The highest BCUT2D eigenvalue weighted by Crippen LogP contribution is 2.30. The summed E-state index contributed by atoms with van der Waals surface area (Å²) in [5, 5.41) is 1.19. The molecule has 3 heteroatoms. The molecule has 18 heavy (non-hydrogen) atoms. The van der Waals surface area contributed by atoms with Gasteiger partial charge in [0, 0.05) is 15.2 Å². The highest BCUT2D eigenvalue weighted by atomic mass is 127. The Morgan fingerprint density at radius 2 is 1.83 bits per heavy atom. The first kappa shape index (κ1) is 11.6. The lowest BCUT2D eigenvalue weighted by Gasteiger charge is -2.10. The quantitative estimate of drug-likeness (QED) is 0.631. The van der Waals surface area contributed by atoms with E-state index < -0.39 is 0 Å². The molecule has 0 spiro atoms. The Bertz CT molecular complexity index is 703. The van der Waals surface area contributed by atoms with Crippen molar-refractivity contribution in [2.75, 3.05) is 7.11 Å². The minimum atomic E-state index is 0.900. The van der Waals surface area contributed by atoms with Crippen LogP contribution in [0.25, 0.3) is 16.6 Å². The smallest absolute Gasteiger partial charge is 0.143 e. The average molecular weight is 349 g/mol. The van der Waals surface area contributed by atoms with Gasteiger partial charge in [0.1, 0.15) is 5.75 Å². The Balaban J connectivity index is 2.34. The molecule has 1 aromatic heterocycles. The van der Waals surface area contributed by atoms with Crippen molar-refractivity contribution in [3.8, 4) is 11.4 Å². The fraction of sp³-hybridized carbons (Fsp3) is 0.0667. The van der Waals surface area contributed by atoms with Gasteiger partial charge < -0.3 is 9.30 Å². The van der Waals surface area contributed by atoms with Crippen molar-refractivity contribution in [2.45, 2.75) is 0 Å². The number of rotatable bonds is 2. The van der Waals surface area contributed by atoms with E-state index in [2.05, 4.69) is 63.7 Å². The molecule has 0 aliphatic carbocycles. The fourth-order valence-corrected chi connectivity index (χ4v) is 2.82. The SMILES string of the molecule is COc1cccc2ccn(-c3ccccc3I)c12. The Morgan fingerprint density at radius 3 is 2.61 bits per heavy atom. The molecule has 0 unspecified atom stereocenters. The van der Waals surface area contributed by atoms with E-state index in [0.29, 0.717) is 0 Å². The van der Waals surface area contributed by atoms with Gasteiger partial charge >= 0.3 is 0 Å². The molecule has 2 aromatic carbocycles. The molecule has 0 N–H and O–H groups in total. The van der Waals surface area contributed by atoms with E-state index >= 15 is 0 Å². The van der Waals surface area contributed by atoms with Crippen LogP contribution in [0.4, 0.5) is 0 Å². The molecule has 0 saturated carbocycles. The number of methoxy groups -OCH3 is 1. The van der Waals surface area contributed by atoms with Crippen molar-refractivity contribution in [1.82, 2.24) is 4.57 Å². The van der Waals surface area contributed by atoms with Crippen molar-refractivity contribution in [3.05, 3.63) is 58.3 Å². The normalized spacial score (nSPS) is 10.8. The zero-order chi connectivity index (χ0) is 12.5. The Kier molecular flexibility index (Phi) is 2.99. The number of halogens is 1. The summed E-state index contributed by atoms with van der Waals surface area (Å²) in [6, 6.07) is 16.6. The zero-order valence-electron chi connectivity index (χ0n) is 9.93. The summed E-state index contributed by atoms with van der Waals surface area (Å²) < 4.78 is 8.86. The number of benzene rings is 2. The van der Waals surface area contributed by atoms with Gasteiger partial charge in [-0.15, -0.1) is 0 Å². The van der Waals surface area contributed by atoms with Crippen LogP contribution in [0.15, 0.2) is 54.7 Å². The molecule has 1 heterocycles. The summed E-state index contributed by atoms with van der Waals surface area (Å²) in [6.45, 7) is 0. The van der Waals surface area contributed by atoms with Crippen LogP contribution in [0.3, 0.4) is 0 Å². The van der Waals surface area contributed by atoms with Crippen molar-refractivity contribution in [2.24, 2.45) is 0 Å². The zero-order valence-corrected chi connectivity index (χ0v) is 12.1. The van der Waals surface area contributed by atoms with Crippen LogP contribution in [0, 0.1) is 3.57 Å². The lowest BCUT2D eigenvalue weighted by Crippen LogP contribution is -1.96. The van der Waals surface area contributed by atoms with Gasteiger partial charge in [-0.05, 0) is 46.9 Å². The first-order valence-electron chi connectivity index (χ1n) is 5.70. The van der Waals surface area contributed by atoms with Crippen LogP contribution in [0.1, 0.15) is 0 Å². The van der Waals surface area contributed by atoms with Crippen LogP contribution in [-0.4, -0.2) is 11.7 Å².